The zero-order valence-corrected chi connectivity index (χ0v) is 11.5. The molecular weight excluding hydrogens is 250 g/mol. The van der Waals surface area contributed by atoms with Gasteiger partial charge in [-0.2, -0.15) is 0 Å². The number of aliphatic hydroxyl groups excluding tert-OH is 1. The van der Waals surface area contributed by atoms with Crippen molar-refractivity contribution in [3.8, 4) is 0 Å². The smallest absolute Gasteiger partial charge is 0.251 e. The molecule has 0 aliphatic heterocycles. The van der Waals surface area contributed by atoms with Crippen LogP contribution >= 0.6 is 11.6 Å². The highest BCUT2D eigenvalue weighted by atomic mass is 35.5. The highest BCUT2D eigenvalue weighted by molar-refractivity contribution is 6.31. The molecule has 0 spiro atoms. The molecule has 0 aliphatic carbocycles. The monoisotopic (exact) mass is 269 g/mol. The maximum atomic E-state index is 11.8. The zero-order chi connectivity index (χ0) is 13.4. The van der Waals surface area contributed by atoms with Gasteiger partial charge < -0.3 is 10.4 Å². The van der Waals surface area contributed by atoms with E-state index in [0.29, 0.717) is 17.1 Å². The molecule has 0 heterocycles. The summed E-state index contributed by atoms with van der Waals surface area (Å²) in [6, 6.07) is 5.27. The lowest BCUT2D eigenvalue weighted by molar-refractivity contribution is 0.0952. The summed E-state index contributed by atoms with van der Waals surface area (Å²) in [5.74, 6) is -0.0584. The fourth-order valence-electron chi connectivity index (χ4n) is 1.68. The van der Waals surface area contributed by atoms with Gasteiger partial charge in [0.05, 0.1) is 0 Å². The van der Waals surface area contributed by atoms with E-state index in [1.165, 1.54) is 0 Å². The first-order valence-corrected chi connectivity index (χ1v) is 6.68. The van der Waals surface area contributed by atoms with E-state index >= 15 is 0 Å². The first-order valence-electron chi connectivity index (χ1n) is 6.30. The first-order chi connectivity index (χ1) is 8.65. The van der Waals surface area contributed by atoms with Gasteiger partial charge in [0.25, 0.3) is 5.91 Å². The van der Waals surface area contributed by atoms with E-state index in [1.54, 1.807) is 18.2 Å². The number of nitrogens with one attached hydrogen (secondary N) is 1. The van der Waals surface area contributed by atoms with Gasteiger partial charge in [0, 0.05) is 23.7 Å². The lowest BCUT2D eigenvalue weighted by Crippen LogP contribution is -2.24. The molecule has 18 heavy (non-hydrogen) atoms. The minimum absolute atomic E-state index is 0.0584. The highest BCUT2D eigenvalue weighted by Crippen LogP contribution is 2.16. The fourth-order valence-corrected chi connectivity index (χ4v) is 1.80. The van der Waals surface area contributed by atoms with Crippen molar-refractivity contribution in [3.05, 3.63) is 34.3 Å². The van der Waals surface area contributed by atoms with Gasteiger partial charge in [-0.05, 0) is 43.5 Å². The second kappa shape index (κ2) is 8.11. The third-order valence-corrected chi connectivity index (χ3v) is 3.21. The Hall–Kier alpha value is -1.06. The second-order valence-corrected chi connectivity index (χ2v) is 4.76. The Bertz CT molecular complexity index is 393. The molecule has 0 aromatic heterocycles. The number of carbonyl (C=O) groups excluding carboxylic acids is 1. The molecule has 0 aliphatic rings. The van der Waals surface area contributed by atoms with E-state index in [4.69, 9.17) is 16.7 Å². The minimum atomic E-state index is -0.0584. The summed E-state index contributed by atoms with van der Waals surface area (Å²) in [5.41, 5.74) is 1.56. The van der Waals surface area contributed by atoms with Crippen LogP contribution in [0.3, 0.4) is 0 Å². The van der Waals surface area contributed by atoms with Gasteiger partial charge in [-0.25, -0.2) is 0 Å². The van der Waals surface area contributed by atoms with Crippen LogP contribution in [0.1, 0.15) is 41.6 Å². The summed E-state index contributed by atoms with van der Waals surface area (Å²) in [6.07, 6.45) is 3.82. The van der Waals surface area contributed by atoms with E-state index < -0.39 is 0 Å². The Morgan fingerprint density at radius 2 is 2.00 bits per heavy atom. The molecule has 100 valence electrons. The van der Waals surface area contributed by atoms with E-state index in [1.807, 2.05) is 6.92 Å². The van der Waals surface area contributed by atoms with Gasteiger partial charge in [-0.1, -0.05) is 24.4 Å². The number of carbonyl (C=O) groups is 1. The van der Waals surface area contributed by atoms with Crippen LogP contribution in [-0.4, -0.2) is 24.2 Å². The molecular formula is C14H20ClNO2. The molecule has 4 heteroatoms. The quantitative estimate of drug-likeness (QED) is 0.748. The van der Waals surface area contributed by atoms with Gasteiger partial charge in [-0.15, -0.1) is 0 Å². The number of benzene rings is 1. The molecule has 1 aromatic carbocycles. The number of aliphatic hydroxyl groups is 1. The average Bonchev–Trinajstić information content (AvgIpc) is 2.36. The van der Waals surface area contributed by atoms with Crippen molar-refractivity contribution >= 4 is 17.5 Å². The number of aryl methyl sites for hydroxylation is 1. The van der Waals surface area contributed by atoms with E-state index in [2.05, 4.69) is 5.32 Å². The molecule has 2 N–H and O–H groups in total. The lowest BCUT2D eigenvalue weighted by atomic mass is 10.1. The second-order valence-electron chi connectivity index (χ2n) is 4.36. The molecule has 0 unspecified atom stereocenters. The van der Waals surface area contributed by atoms with Gasteiger partial charge in [0.15, 0.2) is 0 Å². The molecule has 1 rings (SSSR count). The number of rotatable bonds is 7. The van der Waals surface area contributed by atoms with E-state index in [-0.39, 0.29) is 12.5 Å². The molecule has 1 aromatic rings. The maximum Gasteiger partial charge on any atom is 0.251 e. The van der Waals surface area contributed by atoms with Crippen LogP contribution < -0.4 is 5.32 Å². The number of halogens is 1. The van der Waals surface area contributed by atoms with Gasteiger partial charge in [-0.3, -0.25) is 4.79 Å². The zero-order valence-electron chi connectivity index (χ0n) is 10.7. The van der Waals surface area contributed by atoms with Crippen LogP contribution in [0.4, 0.5) is 0 Å². The van der Waals surface area contributed by atoms with Crippen molar-refractivity contribution in [2.24, 2.45) is 0 Å². The lowest BCUT2D eigenvalue weighted by Gasteiger charge is -2.06. The summed E-state index contributed by atoms with van der Waals surface area (Å²) in [4.78, 5) is 11.8. The van der Waals surface area contributed by atoms with Crippen LogP contribution in [0.15, 0.2) is 18.2 Å². The van der Waals surface area contributed by atoms with Crippen molar-refractivity contribution in [2.45, 2.75) is 32.6 Å². The van der Waals surface area contributed by atoms with Gasteiger partial charge in [0.1, 0.15) is 0 Å². The Morgan fingerprint density at radius 1 is 1.28 bits per heavy atom. The highest BCUT2D eigenvalue weighted by Gasteiger charge is 2.06. The predicted octanol–water partition coefficient (Wildman–Crippen LogP) is 2.93. The number of unbranched alkanes of at least 4 members (excludes halogenated alkanes) is 3. The van der Waals surface area contributed by atoms with E-state index in [9.17, 15) is 4.79 Å². The standard InChI is InChI=1S/C14H20ClNO2/c1-11-10-12(6-7-13(11)15)14(18)16-8-4-2-3-5-9-17/h6-7,10,17H,2-5,8-9H2,1H3,(H,16,18). The van der Waals surface area contributed by atoms with Gasteiger partial charge >= 0.3 is 0 Å². The topological polar surface area (TPSA) is 49.3 Å². The van der Waals surface area contributed by atoms with Crippen LogP contribution in [-0.2, 0) is 0 Å². The minimum Gasteiger partial charge on any atom is -0.396 e. The SMILES string of the molecule is Cc1cc(C(=O)NCCCCCCO)ccc1Cl. The Morgan fingerprint density at radius 3 is 2.67 bits per heavy atom. The molecule has 0 radical (unpaired) electrons. The normalized spacial score (nSPS) is 10.4. The predicted molar refractivity (Wildman–Crippen MR) is 74.1 cm³/mol. The van der Waals surface area contributed by atoms with Crippen molar-refractivity contribution in [1.82, 2.24) is 5.32 Å². The first kappa shape index (κ1) is 15.0. The van der Waals surface area contributed by atoms with Crippen LogP contribution in [0.2, 0.25) is 5.02 Å². The summed E-state index contributed by atoms with van der Waals surface area (Å²) in [7, 11) is 0. The van der Waals surface area contributed by atoms with Gasteiger partial charge in [0.2, 0.25) is 0 Å². The van der Waals surface area contributed by atoms with Crippen molar-refractivity contribution in [1.29, 1.82) is 0 Å². The molecule has 0 saturated heterocycles. The van der Waals surface area contributed by atoms with Crippen molar-refractivity contribution in [2.75, 3.05) is 13.2 Å². The van der Waals surface area contributed by atoms with E-state index in [0.717, 1.165) is 31.2 Å². The van der Waals surface area contributed by atoms with Crippen LogP contribution in [0.5, 0.6) is 0 Å². The fraction of sp³-hybridized carbons (Fsp3) is 0.500. The largest absolute Gasteiger partial charge is 0.396 e. The van der Waals surface area contributed by atoms with Crippen LogP contribution in [0, 0.1) is 6.92 Å². The summed E-state index contributed by atoms with van der Waals surface area (Å²) in [5, 5.41) is 12.2. The maximum absolute atomic E-state index is 11.8. The summed E-state index contributed by atoms with van der Waals surface area (Å²) < 4.78 is 0. The summed E-state index contributed by atoms with van der Waals surface area (Å²) >= 11 is 5.91. The molecule has 3 nitrogen and oxygen atoms in total. The molecule has 0 saturated carbocycles. The average molecular weight is 270 g/mol. The Kier molecular flexibility index (Phi) is 6.76. The Balaban J connectivity index is 2.30. The third-order valence-electron chi connectivity index (χ3n) is 2.79. The number of amides is 1. The van der Waals surface area contributed by atoms with Crippen molar-refractivity contribution < 1.29 is 9.90 Å². The summed E-state index contributed by atoms with van der Waals surface area (Å²) in [6.45, 7) is 2.80. The molecule has 0 bridgehead atoms. The molecule has 0 atom stereocenters. The molecule has 1 amide bonds. The number of hydrogen-bond donors (Lipinski definition) is 2. The van der Waals surface area contributed by atoms with Crippen LogP contribution in [0.25, 0.3) is 0 Å². The molecule has 0 fully saturated rings. The third kappa shape index (κ3) is 5.07. The Labute approximate surface area is 113 Å². The van der Waals surface area contributed by atoms with Crippen molar-refractivity contribution in [3.63, 3.8) is 0 Å². The number of hydrogen-bond acceptors (Lipinski definition) is 2.